The van der Waals surface area contributed by atoms with Crippen molar-refractivity contribution in [1.82, 2.24) is 5.32 Å². The van der Waals surface area contributed by atoms with Crippen LogP contribution in [0, 0.1) is 24.2 Å². The molecule has 0 aliphatic heterocycles. The molecule has 0 spiro atoms. The molecule has 4 bridgehead atoms. The molecule has 2 aromatic rings. The zero-order valence-corrected chi connectivity index (χ0v) is 15.5. The van der Waals surface area contributed by atoms with E-state index in [4.69, 9.17) is 4.42 Å². The van der Waals surface area contributed by atoms with Crippen LogP contribution in [0.5, 0.6) is 0 Å². The van der Waals surface area contributed by atoms with Crippen LogP contribution in [0.4, 0.5) is 0 Å². The second-order valence-electron chi connectivity index (χ2n) is 9.15. The molecule has 4 aliphatic rings. The normalized spacial score (nSPS) is 34.8. The Morgan fingerprint density at radius 2 is 1.85 bits per heavy atom. The second-order valence-corrected chi connectivity index (χ2v) is 9.15. The minimum atomic E-state index is -0.179. The van der Waals surface area contributed by atoms with E-state index in [2.05, 4.69) is 36.5 Å². The number of amides is 1. The maximum atomic E-state index is 13.3. The Labute approximate surface area is 155 Å². The third kappa shape index (κ3) is 2.52. The van der Waals surface area contributed by atoms with E-state index >= 15 is 0 Å². The molecule has 4 aliphatic carbocycles. The van der Waals surface area contributed by atoms with Gasteiger partial charge in [0, 0.05) is 0 Å². The highest BCUT2D eigenvalue weighted by atomic mass is 16.3. The van der Waals surface area contributed by atoms with E-state index in [-0.39, 0.29) is 16.7 Å². The topological polar surface area (TPSA) is 42.2 Å². The smallest absolute Gasteiger partial charge is 0.226 e. The summed E-state index contributed by atoms with van der Waals surface area (Å²) in [6.45, 7) is 2.65. The summed E-state index contributed by atoms with van der Waals surface area (Å²) < 4.78 is 5.39. The van der Waals surface area contributed by atoms with Crippen molar-refractivity contribution in [2.75, 3.05) is 0 Å². The Bertz CT molecular complexity index is 791. The van der Waals surface area contributed by atoms with Crippen LogP contribution < -0.4 is 5.32 Å². The van der Waals surface area contributed by atoms with Crippen LogP contribution in [0.1, 0.15) is 55.4 Å². The first-order chi connectivity index (χ1) is 12.6. The molecule has 1 N–H and O–H groups in total. The zero-order chi connectivity index (χ0) is 17.8. The summed E-state index contributed by atoms with van der Waals surface area (Å²) >= 11 is 0. The van der Waals surface area contributed by atoms with Crippen molar-refractivity contribution in [2.24, 2.45) is 17.3 Å². The average molecular weight is 349 g/mol. The number of benzene rings is 1. The molecule has 1 aromatic heterocycles. The molecule has 6 rings (SSSR count). The van der Waals surface area contributed by atoms with Gasteiger partial charge >= 0.3 is 0 Å². The van der Waals surface area contributed by atoms with E-state index in [1.54, 1.807) is 6.26 Å². The molecule has 0 radical (unpaired) electrons. The first-order valence-electron chi connectivity index (χ1n) is 9.95. The molecular weight excluding hydrogens is 322 g/mol. The van der Waals surface area contributed by atoms with E-state index < -0.39 is 0 Å². The number of carbonyl (C=O) groups is 1. The minimum absolute atomic E-state index is 0.179. The molecule has 1 heterocycles. The molecule has 1 aromatic carbocycles. The zero-order valence-electron chi connectivity index (χ0n) is 15.5. The number of rotatable bonds is 4. The highest BCUT2D eigenvalue weighted by Crippen LogP contribution is 2.65. The maximum Gasteiger partial charge on any atom is 0.226 e. The van der Waals surface area contributed by atoms with Gasteiger partial charge in [-0.1, -0.05) is 29.8 Å². The molecule has 4 fully saturated rings. The van der Waals surface area contributed by atoms with E-state index in [1.165, 1.54) is 30.4 Å². The molecule has 1 amide bonds. The minimum Gasteiger partial charge on any atom is -0.467 e. The van der Waals surface area contributed by atoms with Gasteiger partial charge in [0.1, 0.15) is 5.76 Å². The van der Waals surface area contributed by atoms with Gasteiger partial charge in [-0.05, 0) is 80.4 Å². The molecule has 3 heteroatoms. The fourth-order valence-electron chi connectivity index (χ4n) is 6.54. The number of furan rings is 1. The Morgan fingerprint density at radius 3 is 2.50 bits per heavy atom. The van der Waals surface area contributed by atoms with Crippen molar-refractivity contribution in [1.29, 1.82) is 0 Å². The Morgan fingerprint density at radius 1 is 1.12 bits per heavy atom. The lowest BCUT2D eigenvalue weighted by Gasteiger charge is -2.61. The van der Waals surface area contributed by atoms with Gasteiger partial charge in [-0.25, -0.2) is 0 Å². The fraction of sp³-hybridized carbons (Fsp3) is 0.522. The summed E-state index contributed by atoms with van der Waals surface area (Å²) in [5.74, 6) is 2.48. The van der Waals surface area contributed by atoms with Crippen molar-refractivity contribution in [3.8, 4) is 0 Å². The van der Waals surface area contributed by atoms with Gasteiger partial charge in [-0.2, -0.15) is 0 Å². The molecule has 2 atom stereocenters. The van der Waals surface area contributed by atoms with Gasteiger partial charge in [-0.3, -0.25) is 4.79 Å². The first kappa shape index (κ1) is 16.2. The second kappa shape index (κ2) is 5.73. The number of hydrogen-bond acceptors (Lipinski definition) is 2. The summed E-state index contributed by atoms with van der Waals surface area (Å²) in [6, 6.07) is 12.9. The molecule has 2 unspecified atom stereocenters. The van der Waals surface area contributed by atoms with Crippen molar-refractivity contribution in [3.63, 3.8) is 0 Å². The summed E-state index contributed by atoms with van der Waals surface area (Å²) in [5, 5.41) is 3.19. The largest absolute Gasteiger partial charge is 0.467 e. The molecule has 0 saturated heterocycles. The number of hydrogen-bond donors (Lipinski definition) is 1. The summed E-state index contributed by atoms with van der Waals surface area (Å²) in [5.41, 5.74) is 2.80. The number of aryl methyl sites for hydroxylation is 1. The van der Waals surface area contributed by atoms with Crippen LogP contribution in [0.25, 0.3) is 0 Å². The van der Waals surface area contributed by atoms with Crippen LogP contribution in [0.3, 0.4) is 0 Å². The standard InChI is InChI=1S/C23H27NO2/c1-16-4-6-19(7-5-16)22-10-17-9-18(11-22)13-23(12-17,15-22)21(25)24-14-20-3-2-8-26-20/h2-8,17-18H,9-15H2,1H3,(H,24,25). The summed E-state index contributed by atoms with van der Waals surface area (Å²) in [6.07, 6.45) is 8.67. The maximum absolute atomic E-state index is 13.3. The third-order valence-corrected chi connectivity index (χ3v) is 7.21. The lowest BCUT2D eigenvalue weighted by Crippen LogP contribution is -2.59. The average Bonchev–Trinajstić information content (AvgIpc) is 3.12. The van der Waals surface area contributed by atoms with Crippen LogP contribution in [-0.4, -0.2) is 5.91 Å². The van der Waals surface area contributed by atoms with Gasteiger partial charge in [0.25, 0.3) is 0 Å². The SMILES string of the molecule is Cc1ccc(C23CC4CC(CC(C(=O)NCc5ccco5)(C4)C2)C3)cc1. The van der Waals surface area contributed by atoms with Gasteiger partial charge in [0.05, 0.1) is 18.2 Å². The van der Waals surface area contributed by atoms with Crippen LogP contribution in [0.2, 0.25) is 0 Å². The van der Waals surface area contributed by atoms with Crippen LogP contribution in [-0.2, 0) is 16.8 Å². The molecule has 26 heavy (non-hydrogen) atoms. The van der Waals surface area contributed by atoms with Crippen LogP contribution in [0.15, 0.2) is 47.1 Å². The fourth-order valence-corrected chi connectivity index (χ4v) is 6.54. The number of nitrogens with one attached hydrogen (secondary N) is 1. The van der Waals surface area contributed by atoms with Crippen LogP contribution >= 0.6 is 0 Å². The Hall–Kier alpha value is -2.03. The van der Waals surface area contributed by atoms with Gasteiger partial charge in [-0.15, -0.1) is 0 Å². The van der Waals surface area contributed by atoms with E-state index in [1.807, 2.05) is 12.1 Å². The van der Waals surface area contributed by atoms with E-state index in [9.17, 15) is 4.79 Å². The lowest BCUT2D eigenvalue weighted by molar-refractivity contribution is -0.149. The van der Waals surface area contributed by atoms with Crippen molar-refractivity contribution in [2.45, 2.75) is 57.4 Å². The van der Waals surface area contributed by atoms with Crippen molar-refractivity contribution in [3.05, 3.63) is 59.5 Å². The van der Waals surface area contributed by atoms with Gasteiger partial charge in [0.15, 0.2) is 0 Å². The number of carbonyl (C=O) groups excluding carboxylic acids is 1. The summed E-state index contributed by atoms with van der Waals surface area (Å²) in [4.78, 5) is 13.3. The quantitative estimate of drug-likeness (QED) is 0.866. The molecule has 4 saturated carbocycles. The van der Waals surface area contributed by atoms with Crippen molar-refractivity contribution < 1.29 is 9.21 Å². The summed E-state index contributed by atoms with van der Waals surface area (Å²) in [7, 11) is 0. The molecule has 3 nitrogen and oxygen atoms in total. The van der Waals surface area contributed by atoms with E-state index in [0.29, 0.717) is 18.4 Å². The monoisotopic (exact) mass is 349 g/mol. The molecular formula is C23H27NO2. The predicted molar refractivity (Wildman–Crippen MR) is 101 cm³/mol. The lowest BCUT2D eigenvalue weighted by atomic mass is 9.42. The Balaban J connectivity index is 1.43. The Kier molecular flexibility index (Phi) is 3.57. The highest BCUT2D eigenvalue weighted by Gasteiger charge is 2.60. The van der Waals surface area contributed by atoms with E-state index in [0.717, 1.165) is 25.0 Å². The predicted octanol–water partition coefficient (Wildman–Crippen LogP) is 4.74. The highest BCUT2D eigenvalue weighted by molar-refractivity contribution is 5.83. The molecule has 136 valence electrons. The van der Waals surface area contributed by atoms with Gasteiger partial charge < -0.3 is 9.73 Å². The third-order valence-electron chi connectivity index (χ3n) is 7.21. The first-order valence-corrected chi connectivity index (χ1v) is 9.95. The van der Waals surface area contributed by atoms with Gasteiger partial charge in [0.2, 0.25) is 5.91 Å². The van der Waals surface area contributed by atoms with Crippen molar-refractivity contribution >= 4 is 5.91 Å².